The fourth-order valence-corrected chi connectivity index (χ4v) is 2.08. The van der Waals surface area contributed by atoms with Crippen molar-refractivity contribution in [2.75, 3.05) is 0 Å². The maximum Gasteiger partial charge on any atom is 0.157 e. The molecule has 2 N–H and O–H groups in total. The highest BCUT2D eigenvalue weighted by atomic mass is 35.5. The first-order chi connectivity index (χ1) is 8.62. The van der Waals surface area contributed by atoms with Crippen molar-refractivity contribution >= 4 is 40.5 Å². The lowest BCUT2D eigenvalue weighted by atomic mass is 9.82. The third-order valence-corrected chi connectivity index (χ3v) is 3.73. The van der Waals surface area contributed by atoms with Crippen LogP contribution in [0.2, 0.25) is 10.0 Å². The highest BCUT2D eigenvalue weighted by Crippen LogP contribution is 2.34. The fraction of sp³-hybridized carbons (Fsp3) is 0.500. The van der Waals surface area contributed by atoms with E-state index in [9.17, 15) is 0 Å². The van der Waals surface area contributed by atoms with Gasteiger partial charge in [0, 0.05) is 6.92 Å². The van der Waals surface area contributed by atoms with Gasteiger partial charge in [0.15, 0.2) is 5.05 Å². The molecule has 0 bridgehead atoms. The highest BCUT2D eigenvalue weighted by molar-refractivity contribution is 7.80. The zero-order chi connectivity index (χ0) is 14.8. The molecule has 0 aromatic heterocycles. The highest BCUT2D eigenvalue weighted by Gasteiger charge is 2.32. The van der Waals surface area contributed by atoms with Gasteiger partial charge in [-0.1, -0.05) is 50.0 Å². The van der Waals surface area contributed by atoms with E-state index in [0.717, 1.165) is 5.56 Å². The Bertz CT molecular complexity index is 471. The predicted octanol–water partition coefficient (Wildman–Crippen LogP) is 4.77. The van der Waals surface area contributed by atoms with E-state index in [1.165, 1.54) is 0 Å². The first-order valence-corrected chi connectivity index (χ1v) is 7.17. The average molecular weight is 320 g/mol. The van der Waals surface area contributed by atoms with Crippen molar-refractivity contribution in [1.29, 1.82) is 0 Å². The van der Waals surface area contributed by atoms with Gasteiger partial charge in [-0.05, 0) is 35.3 Å². The molecule has 0 amide bonds. The molecule has 0 aliphatic heterocycles. The maximum absolute atomic E-state index is 6.30. The molecule has 2 unspecified atom stereocenters. The van der Waals surface area contributed by atoms with E-state index < -0.39 is 0 Å². The van der Waals surface area contributed by atoms with Gasteiger partial charge in [-0.25, -0.2) is 0 Å². The fourth-order valence-electron chi connectivity index (χ4n) is 1.67. The molecule has 1 rings (SSSR count). The Morgan fingerprint density at radius 2 is 1.84 bits per heavy atom. The molecule has 5 heteroatoms. The SMILES string of the molecule is CC(=S)OC(c1ccc(Cl)c(Cl)c1)C(N)C(C)(C)C. The Kier molecular flexibility index (Phi) is 5.63. The Hall–Kier alpha value is -0.350. The topological polar surface area (TPSA) is 35.2 Å². The van der Waals surface area contributed by atoms with E-state index in [2.05, 4.69) is 20.8 Å². The van der Waals surface area contributed by atoms with E-state index in [0.29, 0.717) is 15.1 Å². The van der Waals surface area contributed by atoms with Gasteiger partial charge < -0.3 is 10.5 Å². The standard InChI is InChI=1S/C14H19Cl2NOS/c1-8(19)18-12(13(17)14(2,3)4)9-5-6-10(15)11(16)7-9/h5-7,12-13H,17H2,1-4H3. The van der Waals surface area contributed by atoms with Crippen LogP contribution in [0.3, 0.4) is 0 Å². The molecule has 0 aliphatic carbocycles. The minimum Gasteiger partial charge on any atom is -0.478 e. The van der Waals surface area contributed by atoms with Crippen LogP contribution in [0.5, 0.6) is 0 Å². The lowest BCUT2D eigenvalue weighted by Gasteiger charge is -2.34. The third kappa shape index (κ3) is 4.60. The van der Waals surface area contributed by atoms with E-state index in [-0.39, 0.29) is 17.6 Å². The molecule has 19 heavy (non-hydrogen) atoms. The Morgan fingerprint density at radius 1 is 1.26 bits per heavy atom. The lowest BCUT2D eigenvalue weighted by Crippen LogP contribution is -2.42. The van der Waals surface area contributed by atoms with Crippen molar-refractivity contribution in [2.45, 2.75) is 39.8 Å². The quantitative estimate of drug-likeness (QED) is 0.815. The van der Waals surface area contributed by atoms with Gasteiger partial charge >= 0.3 is 0 Å². The molecule has 0 fully saturated rings. The van der Waals surface area contributed by atoms with Crippen LogP contribution in [0.25, 0.3) is 0 Å². The molecule has 0 saturated carbocycles. The van der Waals surface area contributed by atoms with Crippen LogP contribution in [-0.2, 0) is 4.74 Å². The smallest absolute Gasteiger partial charge is 0.157 e. The summed E-state index contributed by atoms with van der Waals surface area (Å²) in [4.78, 5) is 0. The monoisotopic (exact) mass is 319 g/mol. The van der Waals surface area contributed by atoms with Gasteiger partial charge in [0.25, 0.3) is 0 Å². The summed E-state index contributed by atoms with van der Waals surface area (Å²) in [6, 6.07) is 5.16. The molecular formula is C14H19Cl2NOS. The lowest BCUT2D eigenvalue weighted by molar-refractivity contribution is 0.107. The molecule has 0 saturated heterocycles. The molecule has 1 aromatic carbocycles. The van der Waals surface area contributed by atoms with Gasteiger partial charge in [-0.3, -0.25) is 0 Å². The summed E-state index contributed by atoms with van der Waals surface area (Å²) >= 11 is 17.0. The summed E-state index contributed by atoms with van der Waals surface area (Å²) in [6.07, 6.45) is -0.340. The number of hydrogen-bond donors (Lipinski definition) is 1. The van der Waals surface area contributed by atoms with Crippen molar-refractivity contribution in [3.63, 3.8) is 0 Å². The second-order valence-corrected chi connectivity index (χ2v) is 6.98. The van der Waals surface area contributed by atoms with Crippen molar-refractivity contribution in [3.05, 3.63) is 33.8 Å². The Morgan fingerprint density at radius 3 is 2.26 bits per heavy atom. The van der Waals surface area contributed by atoms with Crippen LogP contribution in [-0.4, -0.2) is 11.1 Å². The zero-order valence-corrected chi connectivity index (χ0v) is 13.9. The molecule has 1 aromatic rings. The van der Waals surface area contributed by atoms with Gasteiger partial charge in [0.1, 0.15) is 6.10 Å². The number of hydrogen-bond acceptors (Lipinski definition) is 3. The number of nitrogens with two attached hydrogens (primary N) is 1. The van der Waals surface area contributed by atoms with Gasteiger partial charge in [-0.2, -0.15) is 0 Å². The van der Waals surface area contributed by atoms with Crippen LogP contribution >= 0.6 is 35.4 Å². The van der Waals surface area contributed by atoms with E-state index in [4.69, 9.17) is 45.9 Å². The first-order valence-electron chi connectivity index (χ1n) is 6.00. The molecule has 0 heterocycles. The minimum atomic E-state index is -0.340. The molecule has 0 spiro atoms. The summed E-state index contributed by atoms with van der Waals surface area (Å²) in [7, 11) is 0. The predicted molar refractivity (Wildman–Crippen MR) is 86.0 cm³/mol. The summed E-state index contributed by atoms with van der Waals surface area (Å²) in [6.45, 7) is 7.91. The van der Waals surface area contributed by atoms with Crippen LogP contribution in [0.4, 0.5) is 0 Å². The second kappa shape index (κ2) is 6.40. The largest absolute Gasteiger partial charge is 0.478 e. The van der Waals surface area contributed by atoms with E-state index in [1.54, 1.807) is 19.1 Å². The first kappa shape index (κ1) is 16.7. The summed E-state index contributed by atoms with van der Waals surface area (Å²) < 4.78 is 5.72. The zero-order valence-electron chi connectivity index (χ0n) is 11.5. The van der Waals surface area contributed by atoms with Gasteiger partial charge in [-0.15, -0.1) is 0 Å². The molecule has 0 radical (unpaired) electrons. The van der Waals surface area contributed by atoms with Crippen molar-refractivity contribution in [1.82, 2.24) is 0 Å². The van der Waals surface area contributed by atoms with Crippen LogP contribution in [0.15, 0.2) is 18.2 Å². The second-order valence-electron chi connectivity index (χ2n) is 5.60. The van der Waals surface area contributed by atoms with Crippen molar-refractivity contribution in [2.24, 2.45) is 11.1 Å². The van der Waals surface area contributed by atoms with E-state index >= 15 is 0 Å². The molecular weight excluding hydrogens is 301 g/mol. The van der Waals surface area contributed by atoms with Crippen LogP contribution < -0.4 is 5.73 Å². The Balaban J connectivity index is 3.16. The maximum atomic E-state index is 6.30. The molecule has 0 aliphatic rings. The van der Waals surface area contributed by atoms with Crippen molar-refractivity contribution < 1.29 is 4.74 Å². The molecule has 2 atom stereocenters. The molecule has 106 valence electrons. The van der Waals surface area contributed by atoms with Gasteiger partial charge in [0.2, 0.25) is 0 Å². The average Bonchev–Trinajstić information content (AvgIpc) is 2.27. The Labute approximate surface area is 130 Å². The van der Waals surface area contributed by atoms with Crippen molar-refractivity contribution in [3.8, 4) is 0 Å². The third-order valence-electron chi connectivity index (χ3n) is 2.89. The number of ether oxygens (including phenoxy) is 1. The van der Waals surface area contributed by atoms with Gasteiger partial charge in [0.05, 0.1) is 16.1 Å². The van der Waals surface area contributed by atoms with E-state index in [1.807, 2.05) is 6.07 Å². The summed E-state index contributed by atoms with van der Waals surface area (Å²) in [5.41, 5.74) is 7.06. The summed E-state index contributed by atoms with van der Waals surface area (Å²) in [5.74, 6) is 0. The number of rotatable bonds is 3. The van der Waals surface area contributed by atoms with Crippen LogP contribution in [0, 0.1) is 5.41 Å². The van der Waals surface area contributed by atoms with Crippen LogP contribution in [0.1, 0.15) is 39.4 Å². The normalized spacial score (nSPS) is 14.9. The minimum absolute atomic E-state index is 0.123. The number of benzene rings is 1. The molecule has 2 nitrogen and oxygen atoms in total. The number of halogens is 2. The number of thiocarbonyl (C=S) groups is 1. The summed E-state index contributed by atoms with van der Waals surface area (Å²) in [5, 5.41) is 1.44.